The van der Waals surface area contributed by atoms with Crippen LogP contribution in [0.15, 0.2) is 52.9 Å². The summed E-state index contributed by atoms with van der Waals surface area (Å²) < 4.78 is 10.9. The lowest BCUT2D eigenvalue weighted by atomic mass is 10.2. The van der Waals surface area contributed by atoms with Crippen molar-refractivity contribution in [1.29, 1.82) is 0 Å². The van der Waals surface area contributed by atoms with Gasteiger partial charge < -0.3 is 9.15 Å². The number of fused-ring (bicyclic) bond motifs is 1. The summed E-state index contributed by atoms with van der Waals surface area (Å²) in [6.07, 6.45) is 0. The van der Waals surface area contributed by atoms with E-state index in [1.807, 2.05) is 36.4 Å². The molecule has 0 aliphatic carbocycles. The van der Waals surface area contributed by atoms with Gasteiger partial charge in [-0.05, 0) is 36.4 Å². The van der Waals surface area contributed by atoms with Crippen LogP contribution in [0.4, 0.5) is 6.01 Å². The van der Waals surface area contributed by atoms with E-state index in [-0.39, 0.29) is 0 Å². The normalized spacial score (nSPS) is 17.0. The molecule has 0 saturated carbocycles. The van der Waals surface area contributed by atoms with Gasteiger partial charge in [0.05, 0.1) is 7.11 Å². The zero-order valence-electron chi connectivity index (χ0n) is 14.0. The van der Waals surface area contributed by atoms with Gasteiger partial charge in [0.15, 0.2) is 18.9 Å². The molecule has 0 saturated heterocycles. The van der Waals surface area contributed by atoms with Crippen LogP contribution < -0.4 is 25.3 Å². The third-order valence-electron chi connectivity index (χ3n) is 4.17. The minimum Gasteiger partial charge on any atom is -0.497 e. The van der Waals surface area contributed by atoms with E-state index in [1.165, 1.54) is 10.5 Å². The number of guanidine groups is 1. The van der Waals surface area contributed by atoms with Crippen molar-refractivity contribution in [3.8, 4) is 5.75 Å². The molecule has 2 aromatic carbocycles. The number of rotatable bonds is 4. The highest BCUT2D eigenvalue weighted by Gasteiger charge is 2.22. The van der Waals surface area contributed by atoms with Crippen molar-refractivity contribution in [2.75, 3.05) is 25.8 Å². The van der Waals surface area contributed by atoms with Gasteiger partial charge in [-0.1, -0.05) is 12.1 Å². The first-order valence-corrected chi connectivity index (χ1v) is 8.24. The number of nitrogens with one attached hydrogen (secondary N) is 4. The zero-order valence-corrected chi connectivity index (χ0v) is 14.0. The van der Waals surface area contributed by atoms with Crippen molar-refractivity contribution < 1.29 is 19.0 Å². The minimum atomic E-state index is 0.481. The van der Waals surface area contributed by atoms with Crippen molar-refractivity contribution in [3.05, 3.63) is 54.1 Å². The number of aromatic nitrogens is 1. The molecule has 0 bridgehead atoms. The lowest BCUT2D eigenvalue weighted by Crippen LogP contribution is -3.23. The van der Waals surface area contributed by atoms with Gasteiger partial charge in [0, 0.05) is 5.56 Å². The number of hydrogen-bond acceptors (Lipinski definition) is 5. The van der Waals surface area contributed by atoms with E-state index in [2.05, 4.69) is 32.7 Å². The Labute approximate surface area is 145 Å². The topological polar surface area (TPSA) is 77.7 Å². The summed E-state index contributed by atoms with van der Waals surface area (Å²) in [5.74, 6) is 1.69. The van der Waals surface area contributed by atoms with E-state index >= 15 is 0 Å². The summed E-state index contributed by atoms with van der Waals surface area (Å²) in [4.78, 5) is 9.13. The third-order valence-corrected chi connectivity index (χ3v) is 4.17. The molecule has 25 heavy (non-hydrogen) atoms. The maximum atomic E-state index is 5.67. The highest BCUT2D eigenvalue weighted by molar-refractivity contribution is 5.88. The van der Waals surface area contributed by atoms with Crippen LogP contribution in [-0.2, 0) is 6.54 Å². The lowest BCUT2D eigenvalue weighted by molar-refractivity contribution is -0.991. The quantitative estimate of drug-likeness (QED) is 0.505. The second-order valence-electron chi connectivity index (χ2n) is 5.97. The molecule has 2 heterocycles. The molecule has 128 valence electrons. The number of benzene rings is 2. The molecule has 0 radical (unpaired) electrons. The van der Waals surface area contributed by atoms with Crippen LogP contribution in [0.5, 0.6) is 5.75 Å². The molecule has 0 fully saturated rings. The Bertz CT molecular complexity index is 855. The third kappa shape index (κ3) is 3.56. The fourth-order valence-corrected chi connectivity index (χ4v) is 2.83. The predicted octanol–water partition coefficient (Wildman–Crippen LogP) is -0.712. The van der Waals surface area contributed by atoms with Crippen LogP contribution in [0.25, 0.3) is 11.1 Å². The molecular formula is C18H21N5O2+2. The first-order chi connectivity index (χ1) is 12.3. The molecule has 4 rings (SSSR count). The zero-order chi connectivity index (χ0) is 17.1. The SMILES string of the molecule is COc1ccc(C[NH+]2CNC(Nc3nc4ccccc4o3)=[NH+]C2)cc1. The Morgan fingerprint density at radius 3 is 2.80 bits per heavy atom. The molecule has 1 atom stereocenters. The van der Waals surface area contributed by atoms with Crippen LogP contribution in [0, 0.1) is 0 Å². The number of hydrogen-bond donors (Lipinski definition) is 4. The summed E-state index contributed by atoms with van der Waals surface area (Å²) >= 11 is 0. The standard InChI is InChI=1S/C18H19N5O2/c1-24-14-8-6-13(7-9-14)10-23-11-19-17(20-12-23)22-18-21-15-4-2-3-5-16(15)25-18/h2-9H,10-12H2,1H3,(H2,19,20,21,22)/p+2. The Hall–Kier alpha value is -3.06. The van der Waals surface area contributed by atoms with Crippen LogP contribution >= 0.6 is 0 Å². The number of quaternary nitrogens is 1. The monoisotopic (exact) mass is 339 g/mol. The van der Waals surface area contributed by atoms with E-state index in [1.54, 1.807) is 7.11 Å². The summed E-state index contributed by atoms with van der Waals surface area (Å²) in [6.45, 7) is 2.54. The van der Waals surface area contributed by atoms with Crippen LogP contribution in [0.1, 0.15) is 5.56 Å². The van der Waals surface area contributed by atoms with Crippen LogP contribution in [-0.4, -0.2) is 31.4 Å². The fourth-order valence-electron chi connectivity index (χ4n) is 2.83. The van der Waals surface area contributed by atoms with Crippen LogP contribution in [0.2, 0.25) is 0 Å². The molecule has 4 N–H and O–H groups in total. The average Bonchev–Trinajstić information content (AvgIpc) is 3.06. The number of nitrogens with zero attached hydrogens (tertiary/aromatic N) is 1. The van der Waals surface area contributed by atoms with Gasteiger partial charge >= 0.3 is 12.0 Å². The van der Waals surface area contributed by atoms with Gasteiger partial charge in [-0.25, -0.2) is 10.3 Å². The summed E-state index contributed by atoms with van der Waals surface area (Å²) in [5.41, 5.74) is 2.89. The molecule has 7 nitrogen and oxygen atoms in total. The molecule has 1 unspecified atom stereocenters. The summed E-state index contributed by atoms with van der Waals surface area (Å²) in [5, 5.41) is 6.49. The van der Waals surface area contributed by atoms with Gasteiger partial charge in [-0.2, -0.15) is 10.3 Å². The Balaban J connectivity index is 1.36. The summed E-state index contributed by atoms with van der Waals surface area (Å²) in [7, 11) is 1.68. The second-order valence-corrected chi connectivity index (χ2v) is 5.97. The maximum absolute atomic E-state index is 5.67. The highest BCUT2D eigenvalue weighted by Crippen LogP contribution is 2.17. The molecule has 0 spiro atoms. The fraction of sp³-hybridized carbons (Fsp3) is 0.222. The summed E-state index contributed by atoms with van der Waals surface area (Å²) in [6, 6.07) is 16.4. The van der Waals surface area contributed by atoms with Crippen molar-refractivity contribution in [2.45, 2.75) is 6.54 Å². The molecule has 1 aromatic heterocycles. The maximum Gasteiger partial charge on any atom is 0.365 e. The number of oxazole rings is 1. The largest absolute Gasteiger partial charge is 0.497 e. The van der Waals surface area contributed by atoms with E-state index in [9.17, 15) is 0 Å². The van der Waals surface area contributed by atoms with Crippen LogP contribution in [0.3, 0.4) is 0 Å². The van der Waals surface area contributed by atoms with Gasteiger partial charge in [-0.3, -0.25) is 4.90 Å². The molecule has 1 aliphatic rings. The van der Waals surface area contributed by atoms with Gasteiger partial charge in [0.2, 0.25) is 0 Å². The Morgan fingerprint density at radius 1 is 1.24 bits per heavy atom. The van der Waals surface area contributed by atoms with E-state index in [0.29, 0.717) is 6.01 Å². The number of ether oxygens (including phenoxy) is 1. The van der Waals surface area contributed by atoms with Crippen molar-refractivity contribution in [2.24, 2.45) is 0 Å². The predicted molar refractivity (Wildman–Crippen MR) is 94.1 cm³/mol. The number of para-hydroxylation sites is 2. The van der Waals surface area contributed by atoms with Crippen molar-refractivity contribution in [1.82, 2.24) is 10.3 Å². The Morgan fingerprint density at radius 2 is 2.08 bits per heavy atom. The molecule has 1 aliphatic heterocycles. The second kappa shape index (κ2) is 6.82. The number of methoxy groups -OCH3 is 1. The highest BCUT2D eigenvalue weighted by atomic mass is 16.5. The Kier molecular flexibility index (Phi) is 4.22. The van der Waals surface area contributed by atoms with E-state index in [4.69, 9.17) is 9.15 Å². The molecule has 0 amide bonds. The van der Waals surface area contributed by atoms with Gasteiger partial charge in [-0.15, -0.1) is 0 Å². The van der Waals surface area contributed by atoms with Crippen molar-refractivity contribution >= 4 is 23.1 Å². The van der Waals surface area contributed by atoms with Gasteiger partial charge in [0.25, 0.3) is 0 Å². The minimum absolute atomic E-state index is 0.481. The molecule has 7 heteroatoms. The smallest absolute Gasteiger partial charge is 0.365 e. The first-order valence-electron chi connectivity index (χ1n) is 8.24. The molecular weight excluding hydrogens is 318 g/mol. The van der Waals surface area contributed by atoms with Gasteiger partial charge in [0.1, 0.15) is 17.8 Å². The number of anilines is 1. The first kappa shape index (κ1) is 15.5. The van der Waals surface area contributed by atoms with Crippen molar-refractivity contribution in [3.63, 3.8) is 0 Å². The van der Waals surface area contributed by atoms with E-state index < -0.39 is 0 Å². The lowest BCUT2D eigenvalue weighted by Gasteiger charge is -2.20. The molecule has 3 aromatic rings. The van der Waals surface area contributed by atoms with E-state index in [0.717, 1.165) is 42.7 Å². The average molecular weight is 339 g/mol.